The first-order valence-electron chi connectivity index (χ1n) is 6.95. The fourth-order valence-electron chi connectivity index (χ4n) is 1.76. The monoisotopic (exact) mass is 429 g/mol. The fraction of sp³-hybridized carbons (Fsp3) is 0.533. The van der Waals surface area contributed by atoms with Crippen LogP contribution in [0.2, 0.25) is 0 Å². The molecule has 0 fully saturated rings. The van der Waals surface area contributed by atoms with Crippen molar-refractivity contribution in [3.63, 3.8) is 0 Å². The zero-order valence-corrected chi connectivity index (χ0v) is 15.2. The van der Waals surface area contributed by atoms with Gasteiger partial charge in [-0.05, 0) is 18.4 Å². The Morgan fingerprint density at radius 3 is 2.32 bits per heavy atom. The molecule has 1 rings (SSSR count). The largest absolute Gasteiger partial charge is 0.389 e. The first kappa shape index (κ1) is 21.0. The molecule has 7 heteroatoms. The fourth-order valence-corrected chi connectivity index (χ4v) is 1.76. The van der Waals surface area contributed by atoms with Gasteiger partial charge in [0.25, 0.3) is 0 Å². The van der Waals surface area contributed by atoms with Gasteiger partial charge in [-0.2, -0.15) is 13.2 Å². The van der Waals surface area contributed by atoms with Crippen LogP contribution in [0, 0.1) is 0 Å². The Kier molecular flexibility index (Phi) is 10.2. The second kappa shape index (κ2) is 10.7. The Hall–Kier alpha value is -0.990. The molecule has 0 spiro atoms. The van der Waals surface area contributed by atoms with E-state index >= 15 is 0 Å². The van der Waals surface area contributed by atoms with Crippen LogP contribution < -0.4 is 5.32 Å². The van der Waals surface area contributed by atoms with Gasteiger partial charge in [-0.3, -0.25) is 0 Å². The number of halogens is 4. The molecule has 0 aliphatic rings. The van der Waals surface area contributed by atoms with E-state index in [-0.39, 0.29) is 30.4 Å². The summed E-state index contributed by atoms with van der Waals surface area (Å²) in [4.78, 5) is 6.28. The number of alkyl halides is 3. The van der Waals surface area contributed by atoms with Gasteiger partial charge in [0.15, 0.2) is 5.96 Å². The van der Waals surface area contributed by atoms with E-state index < -0.39 is 12.6 Å². The molecule has 0 saturated heterocycles. The third-order valence-corrected chi connectivity index (χ3v) is 2.85. The van der Waals surface area contributed by atoms with Gasteiger partial charge >= 0.3 is 6.18 Å². The number of nitrogens with one attached hydrogen (secondary N) is 1. The Balaban J connectivity index is 0.00000441. The maximum Gasteiger partial charge on any atom is 0.389 e. The van der Waals surface area contributed by atoms with Gasteiger partial charge in [0.2, 0.25) is 0 Å². The van der Waals surface area contributed by atoms with E-state index in [0.717, 1.165) is 5.56 Å². The molecular weight excluding hydrogens is 406 g/mol. The van der Waals surface area contributed by atoms with Crippen LogP contribution >= 0.6 is 24.0 Å². The summed E-state index contributed by atoms with van der Waals surface area (Å²) < 4.78 is 36.1. The molecule has 0 amide bonds. The first-order valence-corrected chi connectivity index (χ1v) is 6.95. The van der Waals surface area contributed by atoms with Gasteiger partial charge in [0.05, 0.1) is 6.54 Å². The van der Waals surface area contributed by atoms with E-state index in [2.05, 4.69) is 10.3 Å². The van der Waals surface area contributed by atoms with Crippen LogP contribution in [0.5, 0.6) is 0 Å². The lowest BCUT2D eigenvalue weighted by molar-refractivity contribution is -0.135. The number of hydrogen-bond acceptors (Lipinski definition) is 1. The Labute approximate surface area is 147 Å². The summed E-state index contributed by atoms with van der Waals surface area (Å²) in [7, 11) is 3.71. The van der Waals surface area contributed by atoms with Crippen LogP contribution in [-0.2, 0) is 6.54 Å². The molecule has 0 aliphatic carbocycles. The summed E-state index contributed by atoms with van der Waals surface area (Å²) in [6, 6.07) is 9.81. The lowest BCUT2D eigenvalue weighted by atomic mass is 10.2. The van der Waals surface area contributed by atoms with Crippen LogP contribution in [0.4, 0.5) is 13.2 Å². The standard InChI is InChI=1S/C15H22F3N3.HI/c1-21(2)14(19-11-7-6-10-15(16,17)18)20-12-13-8-4-3-5-9-13;/h3-5,8-9H,6-7,10-12H2,1-2H3,(H,19,20);1H. The van der Waals surface area contributed by atoms with Gasteiger partial charge in [0, 0.05) is 27.1 Å². The molecule has 1 aromatic rings. The molecule has 0 radical (unpaired) electrons. The Morgan fingerprint density at radius 1 is 1.14 bits per heavy atom. The van der Waals surface area contributed by atoms with Crippen molar-refractivity contribution in [2.45, 2.75) is 32.0 Å². The van der Waals surface area contributed by atoms with Crippen LogP contribution in [0.15, 0.2) is 35.3 Å². The zero-order chi connectivity index (χ0) is 15.7. The molecule has 0 heterocycles. The number of unbranched alkanes of at least 4 members (excludes halogenated alkanes) is 1. The summed E-state index contributed by atoms with van der Waals surface area (Å²) in [6.45, 7) is 1.03. The predicted octanol–water partition coefficient (Wildman–Crippen LogP) is 4.04. The van der Waals surface area contributed by atoms with E-state index in [1.165, 1.54) is 0 Å². The molecule has 1 aromatic carbocycles. The quantitative estimate of drug-likeness (QED) is 0.320. The molecule has 0 saturated carbocycles. The molecule has 0 aliphatic heterocycles. The average Bonchev–Trinajstić information content (AvgIpc) is 2.41. The number of guanidine groups is 1. The van der Waals surface area contributed by atoms with E-state index in [1.54, 1.807) is 0 Å². The van der Waals surface area contributed by atoms with Crippen molar-refractivity contribution >= 4 is 29.9 Å². The SMILES string of the molecule is CN(C)C(=NCc1ccccc1)NCCCCC(F)(F)F.I. The van der Waals surface area contributed by atoms with Crippen LogP contribution in [0.1, 0.15) is 24.8 Å². The highest BCUT2D eigenvalue weighted by Gasteiger charge is 2.25. The molecule has 0 bridgehead atoms. The second-order valence-corrected chi connectivity index (χ2v) is 5.02. The van der Waals surface area contributed by atoms with E-state index in [0.29, 0.717) is 25.5 Å². The number of benzene rings is 1. The Morgan fingerprint density at radius 2 is 1.77 bits per heavy atom. The van der Waals surface area contributed by atoms with Crippen molar-refractivity contribution in [1.29, 1.82) is 0 Å². The van der Waals surface area contributed by atoms with Crippen molar-refractivity contribution in [2.24, 2.45) is 4.99 Å². The second-order valence-electron chi connectivity index (χ2n) is 5.02. The minimum absolute atomic E-state index is 0. The van der Waals surface area contributed by atoms with E-state index in [9.17, 15) is 13.2 Å². The van der Waals surface area contributed by atoms with E-state index in [1.807, 2.05) is 49.3 Å². The predicted molar refractivity (Wildman–Crippen MR) is 94.6 cm³/mol. The zero-order valence-electron chi connectivity index (χ0n) is 12.9. The molecular formula is C15H23F3IN3. The summed E-state index contributed by atoms with van der Waals surface area (Å²) in [5.41, 5.74) is 1.09. The third kappa shape index (κ3) is 9.86. The van der Waals surface area contributed by atoms with Crippen molar-refractivity contribution in [3.05, 3.63) is 35.9 Å². The topological polar surface area (TPSA) is 27.6 Å². The lowest BCUT2D eigenvalue weighted by Crippen LogP contribution is -2.37. The maximum atomic E-state index is 12.0. The summed E-state index contributed by atoms with van der Waals surface area (Å²) in [6.07, 6.45) is -4.19. The minimum Gasteiger partial charge on any atom is -0.356 e. The first-order chi connectivity index (χ1) is 9.88. The normalized spacial score (nSPS) is 11.8. The molecule has 126 valence electrons. The van der Waals surface area contributed by atoms with E-state index in [4.69, 9.17) is 0 Å². The maximum absolute atomic E-state index is 12.0. The number of hydrogen-bond donors (Lipinski definition) is 1. The van der Waals surface area contributed by atoms with Crippen LogP contribution in [0.3, 0.4) is 0 Å². The van der Waals surface area contributed by atoms with Crippen LogP contribution in [0.25, 0.3) is 0 Å². The summed E-state index contributed by atoms with van der Waals surface area (Å²) in [5, 5.41) is 3.08. The molecule has 0 unspecified atom stereocenters. The summed E-state index contributed by atoms with van der Waals surface area (Å²) >= 11 is 0. The van der Waals surface area contributed by atoms with Gasteiger partial charge in [-0.15, -0.1) is 24.0 Å². The molecule has 1 N–H and O–H groups in total. The number of rotatable bonds is 6. The van der Waals surface area contributed by atoms with Gasteiger partial charge in [-0.1, -0.05) is 30.3 Å². The molecule has 0 aromatic heterocycles. The van der Waals surface area contributed by atoms with Crippen molar-refractivity contribution < 1.29 is 13.2 Å². The highest BCUT2D eigenvalue weighted by molar-refractivity contribution is 14.0. The summed E-state index contributed by atoms with van der Waals surface area (Å²) in [5.74, 6) is 0.686. The highest BCUT2D eigenvalue weighted by Crippen LogP contribution is 2.21. The Bertz CT molecular complexity index is 433. The van der Waals surface area contributed by atoms with Crippen LogP contribution in [-0.4, -0.2) is 37.7 Å². The number of aliphatic imine (C=N–C) groups is 1. The van der Waals surface area contributed by atoms with Crippen molar-refractivity contribution in [1.82, 2.24) is 10.2 Å². The van der Waals surface area contributed by atoms with Crippen molar-refractivity contribution in [2.75, 3.05) is 20.6 Å². The van der Waals surface area contributed by atoms with Crippen molar-refractivity contribution in [3.8, 4) is 0 Å². The third-order valence-electron chi connectivity index (χ3n) is 2.85. The molecule has 3 nitrogen and oxygen atoms in total. The van der Waals surface area contributed by atoms with Gasteiger partial charge in [0.1, 0.15) is 0 Å². The van der Waals surface area contributed by atoms with Gasteiger partial charge < -0.3 is 10.2 Å². The smallest absolute Gasteiger partial charge is 0.356 e. The number of nitrogens with zero attached hydrogens (tertiary/aromatic N) is 2. The lowest BCUT2D eigenvalue weighted by Gasteiger charge is -2.17. The minimum atomic E-state index is -4.06. The molecule has 22 heavy (non-hydrogen) atoms. The van der Waals surface area contributed by atoms with Gasteiger partial charge in [-0.25, -0.2) is 4.99 Å². The molecule has 0 atom stereocenters. The average molecular weight is 429 g/mol. The highest BCUT2D eigenvalue weighted by atomic mass is 127.